The van der Waals surface area contributed by atoms with E-state index >= 15 is 4.39 Å². The number of ether oxygens (including phenoxy) is 1. The van der Waals surface area contributed by atoms with Gasteiger partial charge in [0.05, 0.1) is 29.8 Å². The summed E-state index contributed by atoms with van der Waals surface area (Å²) in [7, 11) is -2.46. The number of amides is 1. The zero-order chi connectivity index (χ0) is 28.6. The van der Waals surface area contributed by atoms with Gasteiger partial charge in [-0.15, -0.1) is 0 Å². The Balaban J connectivity index is 2.36. The first-order valence-electron chi connectivity index (χ1n) is 10.5. The molecule has 1 amide bonds. The molecule has 0 spiro atoms. The minimum atomic E-state index is -5.09. The molecule has 38 heavy (non-hydrogen) atoms. The summed E-state index contributed by atoms with van der Waals surface area (Å²) < 4.78 is 86.0. The van der Waals surface area contributed by atoms with E-state index in [9.17, 15) is 41.2 Å². The topological polar surface area (TPSA) is 131 Å². The maximum absolute atomic E-state index is 15.0. The number of carbonyl (C=O) groups excluding carboxylic acids is 1. The van der Waals surface area contributed by atoms with Gasteiger partial charge in [-0.05, 0) is 43.3 Å². The van der Waals surface area contributed by atoms with Crippen LogP contribution >= 0.6 is 0 Å². The zero-order valence-electron chi connectivity index (χ0n) is 19.9. The van der Waals surface area contributed by atoms with Crippen LogP contribution in [0.25, 0.3) is 5.69 Å². The molecular formula is C23H18F4N4O6S. The van der Waals surface area contributed by atoms with Crippen molar-refractivity contribution in [2.24, 2.45) is 7.05 Å². The number of carbonyl (C=O) groups is 1. The maximum atomic E-state index is 15.0. The molecule has 15 heteroatoms. The van der Waals surface area contributed by atoms with Crippen LogP contribution in [-0.4, -0.2) is 36.3 Å². The Morgan fingerprint density at radius 3 is 2.24 bits per heavy atom. The highest BCUT2D eigenvalue weighted by Crippen LogP contribution is 2.31. The van der Waals surface area contributed by atoms with Gasteiger partial charge in [-0.1, -0.05) is 0 Å². The molecule has 3 aromatic rings. The summed E-state index contributed by atoms with van der Waals surface area (Å²) in [5.41, 5.74) is -7.34. The zero-order valence-corrected chi connectivity index (χ0v) is 20.7. The summed E-state index contributed by atoms with van der Waals surface area (Å²) in [5.74, 6) is -2.90. The van der Waals surface area contributed by atoms with E-state index in [1.165, 1.54) is 38.3 Å². The van der Waals surface area contributed by atoms with E-state index < -0.39 is 67.6 Å². The highest BCUT2D eigenvalue weighted by atomic mass is 32.2. The van der Waals surface area contributed by atoms with Crippen LogP contribution in [0.5, 0.6) is 5.75 Å². The van der Waals surface area contributed by atoms with Gasteiger partial charge in [-0.2, -0.15) is 18.4 Å². The Labute approximate surface area is 212 Å². The van der Waals surface area contributed by atoms with Gasteiger partial charge in [0.1, 0.15) is 23.3 Å². The molecule has 0 saturated carbocycles. The van der Waals surface area contributed by atoms with E-state index in [1.54, 1.807) is 6.07 Å². The average Bonchev–Trinajstić information content (AvgIpc) is 2.86. The summed E-state index contributed by atoms with van der Waals surface area (Å²) in [6.45, 7) is 1.19. The summed E-state index contributed by atoms with van der Waals surface area (Å²) in [4.78, 5) is 38.6. The van der Waals surface area contributed by atoms with Gasteiger partial charge in [0, 0.05) is 18.7 Å². The molecule has 0 radical (unpaired) electrons. The minimum Gasteiger partial charge on any atom is -0.497 e. The normalized spacial score (nSPS) is 11.6. The lowest BCUT2D eigenvalue weighted by molar-refractivity contribution is -0.144. The first-order valence-corrected chi connectivity index (χ1v) is 12.1. The molecule has 0 aliphatic heterocycles. The van der Waals surface area contributed by atoms with Gasteiger partial charge in [0.25, 0.3) is 11.5 Å². The second kappa shape index (κ2) is 10.1. The van der Waals surface area contributed by atoms with Crippen molar-refractivity contribution in [3.05, 3.63) is 85.9 Å². The van der Waals surface area contributed by atoms with E-state index in [-0.39, 0.29) is 25.1 Å². The standard InChI is InChI=1S/C23H18F4N4O6S/c1-4-38(35,36)31(21(33)13-5-7-15(37-3)8-6-13)17-10-18(16(24)9-14(17)12-28)30-20(32)11-19(23(25,26)27)29(2)22(30)34/h5-11H,4H2,1-3H3. The number of methoxy groups -OCH3 is 1. The summed E-state index contributed by atoms with van der Waals surface area (Å²) >= 11 is 0. The molecule has 0 saturated heterocycles. The van der Waals surface area contributed by atoms with Crippen LogP contribution in [0.1, 0.15) is 28.5 Å². The molecule has 0 aliphatic rings. The van der Waals surface area contributed by atoms with E-state index in [0.717, 1.165) is 0 Å². The Morgan fingerprint density at radius 2 is 1.74 bits per heavy atom. The highest BCUT2D eigenvalue weighted by molar-refractivity contribution is 7.93. The number of nitrogens with zero attached hydrogens (tertiary/aromatic N) is 4. The fourth-order valence-corrected chi connectivity index (χ4v) is 4.53. The second-order valence-electron chi connectivity index (χ2n) is 7.67. The number of alkyl halides is 3. The van der Waals surface area contributed by atoms with Crippen molar-refractivity contribution in [2.45, 2.75) is 13.1 Å². The van der Waals surface area contributed by atoms with Crippen molar-refractivity contribution >= 4 is 21.6 Å². The largest absolute Gasteiger partial charge is 0.497 e. The Bertz CT molecular complexity index is 1690. The molecule has 0 atom stereocenters. The highest BCUT2D eigenvalue weighted by Gasteiger charge is 2.36. The van der Waals surface area contributed by atoms with E-state index in [2.05, 4.69) is 0 Å². The SMILES string of the molecule is CCS(=O)(=O)N(C(=O)c1ccc(OC)cc1)c1cc(-n2c(=O)cc(C(F)(F)F)n(C)c2=O)c(F)cc1C#N. The van der Waals surface area contributed by atoms with Gasteiger partial charge in [-0.25, -0.2) is 26.5 Å². The molecule has 1 aromatic heterocycles. The Hall–Kier alpha value is -4.45. The van der Waals surface area contributed by atoms with E-state index in [0.29, 0.717) is 24.9 Å². The molecule has 200 valence electrons. The monoisotopic (exact) mass is 554 g/mol. The first kappa shape index (κ1) is 28.1. The third kappa shape index (κ3) is 5.02. The first-order chi connectivity index (χ1) is 17.7. The molecular weight excluding hydrogens is 536 g/mol. The maximum Gasteiger partial charge on any atom is 0.431 e. The summed E-state index contributed by atoms with van der Waals surface area (Å²) in [6.07, 6.45) is -5.09. The second-order valence-corrected chi connectivity index (χ2v) is 9.78. The number of rotatable bonds is 6. The fourth-order valence-electron chi connectivity index (χ4n) is 3.46. The lowest BCUT2D eigenvalue weighted by atomic mass is 10.1. The Morgan fingerprint density at radius 1 is 1.13 bits per heavy atom. The number of hydrogen-bond donors (Lipinski definition) is 0. The van der Waals surface area contributed by atoms with Crippen molar-refractivity contribution in [2.75, 3.05) is 17.2 Å². The Kier molecular flexibility index (Phi) is 7.50. The van der Waals surface area contributed by atoms with Crippen molar-refractivity contribution in [1.82, 2.24) is 9.13 Å². The van der Waals surface area contributed by atoms with Crippen molar-refractivity contribution in [3.63, 3.8) is 0 Å². The number of halogens is 4. The smallest absolute Gasteiger partial charge is 0.431 e. The lowest BCUT2D eigenvalue weighted by Gasteiger charge is -2.24. The fraction of sp³-hybridized carbons (Fsp3) is 0.217. The van der Waals surface area contributed by atoms with Crippen molar-refractivity contribution in [1.29, 1.82) is 5.26 Å². The number of hydrogen-bond acceptors (Lipinski definition) is 7. The van der Waals surface area contributed by atoms with Gasteiger partial charge in [0.2, 0.25) is 10.0 Å². The number of aromatic nitrogens is 2. The molecule has 0 fully saturated rings. The molecule has 0 unspecified atom stereocenters. The molecule has 1 heterocycles. The number of anilines is 1. The number of nitriles is 1. The van der Waals surface area contributed by atoms with Crippen molar-refractivity contribution in [3.8, 4) is 17.5 Å². The lowest BCUT2D eigenvalue weighted by Crippen LogP contribution is -2.42. The van der Waals surface area contributed by atoms with Crippen LogP contribution < -0.4 is 20.3 Å². The predicted octanol–water partition coefficient (Wildman–Crippen LogP) is 2.57. The van der Waals surface area contributed by atoms with Crippen LogP contribution in [0, 0.1) is 17.1 Å². The van der Waals surface area contributed by atoms with Crippen LogP contribution in [0.3, 0.4) is 0 Å². The van der Waals surface area contributed by atoms with E-state index in [4.69, 9.17) is 4.74 Å². The van der Waals surface area contributed by atoms with Gasteiger partial charge < -0.3 is 4.74 Å². The third-order valence-corrected chi connectivity index (χ3v) is 7.07. The summed E-state index contributed by atoms with van der Waals surface area (Å²) in [6, 6.07) is 7.81. The van der Waals surface area contributed by atoms with Gasteiger partial charge in [0.15, 0.2) is 0 Å². The van der Waals surface area contributed by atoms with E-state index in [1.807, 2.05) is 0 Å². The molecule has 0 N–H and O–H groups in total. The van der Waals surface area contributed by atoms with Gasteiger partial charge in [-0.3, -0.25) is 14.2 Å². The van der Waals surface area contributed by atoms with Crippen molar-refractivity contribution < 1.29 is 35.5 Å². The third-order valence-electron chi connectivity index (χ3n) is 5.42. The van der Waals surface area contributed by atoms with Crippen LogP contribution in [-0.2, 0) is 23.2 Å². The molecule has 0 aliphatic carbocycles. The molecule has 3 rings (SSSR count). The number of sulfonamides is 1. The van der Waals surface area contributed by atoms with Gasteiger partial charge >= 0.3 is 11.9 Å². The van der Waals surface area contributed by atoms with Crippen LogP contribution in [0.15, 0.2) is 52.1 Å². The molecule has 0 bridgehead atoms. The summed E-state index contributed by atoms with van der Waals surface area (Å²) in [5, 5.41) is 9.57. The van der Waals surface area contributed by atoms with Crippen LogP contribution in [0.4, 0.5) is 23.2 Å². The number of benzene rings is 2. The average molecular weight is 554 g/mol. The molecule has 2 aromatic carbocycles. The minimum absolute atomic E-state index is 0.0316. The quantitative estimate of drug-likeness (QED) is 0.428. The predicted molar refractivity (Wildman–Crippen MR) is 126 cm³/mol. The van der Waals surface area contributed by atoms with Crippen LogP contribution in [0.2, 0.25) is 0 Å². The molecule has 10 nitrogen and oxygen atoms in total.